The van der Waals surface area contributed by atoms with Crippen molar-refractivity contribution in [2.45, 2.75) is 36.1 Å². The van der Waals surface area contributed by atoms with E-state index < -0.39 is 0 Å². The van der Waals surface area contributed by atoms with Crippen molar-refractivity contribution < 1.29 is 0 Å². The molecule has 0 aromatic carbocycles. The summed E-state index contributed by atoms with van der Waals surface area (Å²) in [4.78, 5) is 0. The molecule has 0 aliphatic heterocycles. The normalized spacial score (nSPS) is 20.1. The fourth-order valence-corrected chi connectivity index (χ4v) is 3.15. The van der Waals surface area contributed by atoms with Gasteiger partial charge in [-0.25, -0.2) is 0 Å². The van der Waals surface area contributed by atoms with Gasteiger partial charge in [0, 0.05) is 10.7 Å². The van der Waals surface area contributed by atoms with E-state index in [9.17, 15) is 0 Å². The van der Waals surface area contributed by atoms with E-state index in [2.05, 4.69) is 6.92 Å². The molecule has 62 valence electrons. The largest absolute Gasteiger partial charge is 0.320 e. The number of thioether (sulfide) groups is 2. The summed E-state index contributed by atoms with van der Waals surface area (Å²) in [6.07, 6.45) is 0. The first-order chi connectivity index (χ1) is 4.52. The van der Waals surface area contributed by atoms with Crippen LogP contribution in [0.3, 0.4) is 0 Å². The molecule has 0 bridgehead atoms. The predicted molar refractivity (Wildman–Crippen MR) is 51.9 cm³/mol. The summed E-state index contributed by atoms with van der Waals surface area (Å²) in [6.45, 7) is 6.11. The lowest BCUT2D eigenvalue weighted by Gasteiger charge is -2.14. The molecule has 4 heteroatoms. The van der Waals surface area contributed by atoms with Crippen LogP contribution in [0.1, 0.15) is 20.8 Å². The minimum atomic E-state index is 0.209. The van der Waals surface area contributed by atoms with Crippen LogP contribution in [0.15, 0.2) is 0 Å². The zero-order valence-corrected chi connectivity index (χ0v) is 8.34. The lowest BCUT2D eigenvalue weighted by Crippen LogP contribution is -2.17. The summed E-state index contributed by atoms with van der Waals surface area (Å²) in [6, 6.07) is 0. The zero-order chi connectivity index (χ0) is 8.15. The van der Waals surface area contributed by atoms with Crippen LogP contribution in [0.4, 0.5) is 0 Å². The molecule has 10 heavy (non-hydrogen) atoms. The third kappa shape index (κ3) is 6.74. The Kier molecular flexibility index (Phi) is 5.62. The van der Waals surface area contributed by atoms with E-state index in [1.54, 1.807) is 23.5 Å². The second-order valence-corrected chi connectivity index (χ2v) is 5.99. The van der Waals surface area contributed by atoms with Gasteiger partial charge in [0.25, 0.3) is 0 Å². The van der Waals surface area contributed by atoms with Gasteiger partial charge in [-0.3, -0.25) is 0 Å². The number of hydrogen-bond donors (Lipinski definition) is 2. The topological polar surface area (TPSA) is 52.0 Å². The van der Waals surface area contributed by atoms with Gasteiger partial charge in [0.2, 0.25) is 0 Å². The minimum Gasteiger partial charge on any atom is -0.320 e. The highest BCUT2D eigenvalue weighted by molar-refractivity contribution is 8.17. The van der Waals surface area contributed by atoms with E-state index in [0.29, 0.717) is 4.58 Å². The van der Waals surface area contributed by atoms with Crippen molar-refractivity contribution in [2.75, 3.05) is 0 Å². The third-order valence-corrected chi connectivity index (χ3v) is 3.10. The molecule has 0 aliphatic carbocycles. The molecule has 0 rings (SSSR count). The molecule has 0 aromatic rings. The Morgan fingerprint density at radius 1 is 0.900 bits per heavy atom. The molecule has 0 amide bonds. The van der Waals surface area contributed by atoms with E-state index in [1.807, 2.05) is 13.8 Å². The van der Waals surface area contributed by atoms with E-state index in [0.717, 1.165) is 0 Å². The van der Waals surface area contributed by atoms with Gasteiger partial charge in [-0.1, -0.05) is 0 Å². The summed E-state index contributed by atoms with van der Waals surface area (Å²) in [5.41, 5.74) is 11.2. The molecule has 0 heterocycles. The minimum absolute atomic E-state index is 0.209. The molecule has 0 fully saturated rings. The zero-order valence-electron chi connectivity index (χ0n) is 6.70. The van der Waals surface area contributed by atoms with Gasteiger partial charge >= 0.3 is 0 Å². The van der Waals surface area contributed by atoms with Crippen molar-refractivity contribution in [3.8, 4) is 0 Å². The Hall–Kier alpha value is 0.620. The Bertz CT molecular complexity index is 75.8. The monoisotopic (exact) mass is 180 g/mol. The molecule has 4 N–H and O–H groups in total. The first kappa shape index (κ1) is 10.6. The molecule has 0 saturated heterocycles. The van der Waals surface area contributed by atoms with Crippen LogP contribution in [-0.2, 0) is 0 Å². The molecule has 0 aliphatic rings. The summed E-state index contributed by atoms with van der Waals surface area (Å²) < 4.78 is 0.500. The van der Waals surface area contributed by atoms with E-state index in [4.69, 9.17) is 11.5 Å². The van der Waals surface area contributed by atoms with Gasteiger partial charge in [0.05, 0.1) is 4.58 Å². The summed E-state index contributed by atoms with van der Waals surface area (Å²) >= 11 is 3.49. The average molecular weight is 180 g/mol. The molecular formula is C6H16N2S2. The molecule has 0 radical (unpaired) electrons. The maximum absolute atomic E-state index is 5.58. The SMILES string of the molecule is CC(N)SC(C)SC(C)N. The Balaban J connectivity index is 3.34. The van der Waals surface area contributed by atoms with Gasteiger partial charge in [-0.15, -0.1) is 23.5 Å². The highest BCUT2D eigenvalue weighted by atomic mass is 32.2. The first-order valence-electron chi connectivity index (χ1n) is 3.34. The molecule has 0 saturated carbocycles. The number of rotatable bonds is 4. The summed E-state index contributed by atoms with van der Waals surface area (Å²) in [5.74, 6) is 0. The van der Waals surface area contributed by atoms with Crippen LogP contribution in [-0.4, -0.2) is 15.3 Å². The van der Waals surface area contributed by atoms with Gasteiger partial charge in [-0.2, -0.15) is 0 Å². The van der Waals surface area contributed by atoms with Gasteiger partial charge < -0.3 is 11.5 Å². The second-order valence-electron chi connectivity index (χ2n) is 2.25. The van der Waals surface area contributed by atoms with E-state index >= 15 is 0 Å². The number of nitrogens with two attached hydrogens (primary N) is 2. The van der Waals surface area contributed by atoms with Crippen molar-refractivity contribution in [1.82, 2.24) is 0 Å². The van der Waals surface area contributed by atoms with Crippen LogP contribution >= 0.6 is 23.5 Å². The number of hydrogen-bond acceptors (Lipinski definition) is 4. The van der Waals surface area contributed by atoms with Crippen LogP contribution in [0.25, 0.3) is 0 Å². The van der Waals surface area contributed by atoms with Crippen LogP contribution < -0.4 is 11.5 Å². The molecule has 0 spiro atoms. The fourth-order valence-electron chi connectivity index (χ4n) is 0.637. The standard InChI is InChI=1S/C6H16N2S2/c1-4(7)9-6(3)10-5(2)8/h4-6H,7-8H2,1-3H3. The van der Waals surface area contributed by atoms with Crippen molar-refractivity contribution in [3.63, 3.8) is 0 Å². The van der Waals surface area contributed by atoms with Crippen molar-refractivity contribution in [3.05, 3.63) is 0 Å². The van der Waals surface area contributed by atoms with Gasteiger partial charge in [0.1, 0.15) is 0 Å². The smallest absolute Gasteiger partial charge is 0.0505 e. The van der Waals surface area contributed by atoms with Crippen LogP contribution in [0.5, 0.6) is 0 Å². The van der Waals surface area contributed by atoms with Crippen LogP contribution in [0, 0.1) is 0 Å². The molecule has 2 unspecified atom stereocenters. The Morgan fingerprint density at radius 2 is 1.20 bits per heavy atom. The fraction of sp³-hybridized carbons (Fsp3) is 1.00. The maximum Gasteiger partial charge on any atom is 0.0505 e. The lowest BCUT2D eigenvalue weighted by atomic mass is 10.8. The predicted octanol–water partition coefficient (Wildman–Crippen LogP) is 1.41. The quantitative estimate of drug-likeness (QED) is 0.642. The van der Waals surface area contributed by atoms with E-state index in [-0.39, 0.29) is 10.7 Å². The highest BCUT2D eigenvalue weighted by Gasteiger charge is 2.07. The van der Waals surface area contributed by atoms with E-state index in [1.165, 1.54) is 0 Å². The maximum atomic E-state index is 5.58. The van der Waals surface area contributed by atoms with Gasteiger partial charge in [-0.05, 0) is 20.8 Å². The molecular weight excluding hydrogens is 164 g/mol. The van der Waals surface area contributed by atoms with Gasteiger partial charge in [0.15, 0.2) is 0 Å². The molecule has 2 nitrogen and oxygen atoms in total. The second kappa shape index (κ2) is 5.29. The Labute approximate surface area is 71.5 Å². The van der Waals surface area contributed by atoms with Crippen LogP contribution in [0.2, 0.25) is 0 Å². The molecule has 0 aromatic heterocycles. The van der Waals surface area contributed by atoms with Crippen molar-refractivity contribution in [2.24, 2.45) is 11.5 Å². The molecule has 2 atom stereocenters. The summed E-state index contributed by atoms with van der Waals surface area (Å²) in [5, 5.41) is 0.419. The first-order valence-corrected chi connectivity index (χ1v) is 5.23. The lowest BCUT2D eigenvalue weighted by molar-refractivity contribution is 1.03. The third-order valence-electron chi connectivity index (χ3n) is 0.813. The van der Waals surface area contributed by atoms with Crippen molar-refractivity contribution in [1.29, 1.82) is 0 Å². The summed E-state index contributed by atoms with van der Waals surface area (Å²) in [7, 11) is 0. The van der Waals surface area contributed by atoms with Crippen molar-refractivity contribution >= 4 is 23.5 Å². The average Bonchev–Trinajstić information content (AvgIpc) is 1.58. The highest BCUT2D eigenvalue weighted by Crippen LogP contribution is 2.26. The Morgan fingerprint density at radius 3 is 1.40 bits per heavy atom.